The molecule has 0 spiro atoms. The van der Waals surface area contributed by atoms with Crippen LogP contribution in [0.3, 0.4) is 0 Å². The van der Waals surface area contributed by atoms with Gasteiger partial charge in [0.15, 0.2) is 0 Å². The predicted molar refractivity (Wildman–Crippen MR) is 81.1 cm³/mol. The van der Waals surface area contributed by atoms with E-state index >= 15 is 0 Å². The van der Waals surface area contributed by atoms with Crippen molar-refractivity contribution in [3.63, 3.8) is 0 Å². The van der Waals surface area contributed by atoms with Crippen LogP contribution in [0.4, 0.5) is 0 Å². The van der Waals surface area contributed by atoms with Crippen LogP contribution in [0.25, 0.3) is 5.69 Å². The zero-order valence-corrected chi connectivity index (χ0v) is 12.6. The van der Waals surface area contributed by atoms with Crippen LogP contribution in [0.2, 0.25) is 0 Å². The van der Waals surface area contributed by atoms with E-state index in [2.05, 4.69) is 10.4 Å². The largest absolute Gasteiger partial charge is 0.487 e. The number of aryl methyl sites for hydroxylation is 3. The molecule has 22 heavy (non-hydrogen) atoms. The Morgan fingerprint density at radius 3 is 2.77 bits per heavy atom. The van der Waals surface area contributed by atoms with Gasteiger partial charge in [-0.05, 0) is 35.0 Å². The summed E-state index contributed by atoms with van der Waals surface area (Å²) < 4.78 is 17.7. The third-order valence-electron chi connectivity index (χ3n) is 3.51. The number of ether oxygens (including phenoxy) is 1. The summed E-state index contributed by atoms with van der Waals surface area (Å²) in [6.07, 6.45) is 1.84. The average Bonchev–Trinajstić information content (AvgIpc) is 3.02. The van der Waals surface area contributed by atoms with Crippen molar-refractivity contribution in [1.82, 2.24) is 24.4 Å². The fourth-order valence-electron chi connectivity index (χ4n) is 2.19. The van der Waals surface area contributed by atoms with Crippen LogP contribution in [0.1, 0.15) is 12.6 Å². The quantitative estimate of drug-likeness (QED) is 0.726. The van der Waals surface area contributed by atoms with E-state index in [0.717, 1.165) is 11.3 Å². The summed E-state index contributed by atoms with van der Waals surface area (Å²) in [5.74, 6) is 0.708. The Hall–Kier alpha value is -2.83. The van der Waals surface area contributed by atoms with E-state index in [1.165, 1.54) is 9.36 Å². The van der Waals surface area contributed by atoms with Crippen molar-refractivity contribution >= 4 is 0 Å². The number of hydrogen-bond acceptors (Lipinski definition) is 4. The molecule has 0 atom stereocenters. The van der Waals surface area contributed by atoms with Gasteiger partial charge in [0.25, 0.3) is 0 Å². The lowest BCUT2D eigenvalue weighted by molar-refractivity contribution is 0.294. The van der Waals surface area contributed by atoms with Gasteiger partial charge in [0, 0.05) is 20.3 Å². The SMILES string of the molecule is [3H]c1ccc(OCc2c(-n3nnn(C)c3=O)ccn2C)c(C)c1. The van der Waals surface area contributed by atoms with Crippen molar-refractivity contribution in [2.24, 2.45) is 14.1 Å². The maximum atomic E-state index is 12.0. The lowest BCUT2D eigenvalue weighted by Crippen LogP contribution is -2.23. The molecule has 2 aromatic heterocycles. The highest BCUT2D eigenvalue weighted by molar-refractivity contribution is 5.37. The van der Waals surface area contributed by atoms with Gasteiger partial charge in [-0.1, -0.05) is 18.2 Å². The molecule has 3 rings (SSSR count). The molecular weight excluding hydrogens is 282 g/mol. The smallest absolute Gasteiger partial charge is 0.368 e. The second-order valence-electron chi connectivity index (χ2n) is 5.04. The van der Waals surface area contributed by atoms with Gasteiger partial charge in [-0.15, -0.1) is 0 Å². The molecule has 0 bridgehead atoms. The van der Waals surface area contributed by atoms with E-state index in [1.807, 2.05) is 24.7 Å². The standard InChI is InChI=1S/C15H17N5O2/c1-11-6-4-5-7-14(11)22-10-13-12(8-9-18(13)2)20-15(21)19(3)16-17-20/h4-9H,10H2,1-3H3/i4T. The minimum atomic E-state index is -0.313. The first-order valence-electron chi connectivity index (χ1n) is 7.31. The van der Waals surface area contributed by atoms with Crippen molar-refractivity contribution in [2.75, 3.05) is 0 Å². The summed E-state index contributed by atoms with van der Waals surface area (Å²) in [5, 5.41) is 7.60. The van der Waals surface area contributed by atoms with Gasteiger partial charge >= 0.3 is 5.69 Å². The molecule has 0 fully saturated rings. The van der Waals surface area contributed by atoms with Gasteiger partial charge in [-0.25, -0.2) is 4.79 Å². The molecule has 7 heteroatoms. The fraction of sp³-hybridized carbons (Fsp3) is 0.267. The van der Waals surface area contributed by atoms with E-state index in [4.69, 9.17) is 6.11 Å². The summed E-state index contributed by atoms with van der Waals surface area (Å²) >= 11 is 0. The van der Waals surface area contributed by atoms with Crippen LogP contribution < -0.4 is 10.4 Å². The second kappa shape index (κ2) is 5.51. The number of nitrogens with zero attached hydrogens (tertiary/aromatic N) is 5. The molecule has 0 saturated carbocycles. The first-order valence-corrected chi connectivity index (χ1v) is 6.81. The number of aromatic nitrogens is 5. The molecular formula is C15H17N5O2. The lowest BCUT2D eigenvalue weighted by atomic mass is 10.2. The van der Waals surface area contributed by atoms with Crippen LogP contribution in [-0.2, 0) is 20.7 Å². The first-order chi connectivity index (χ1) is 11.0. The fourth-order valence-corrected chi connectivity index (χ4v) is 2.19. The normalized spacial score (nSPS) is 11.5. The Kier molecular flexibility index (Phi) is 3.23. The molecule has 0 aliphatic rings. The second-order valence-corrected chi connectivity index (χ2v) is 5.04. The summed E-state index contributed by atoms with van der Waals surface area (Å²) in [5.41, 5.74) is 2.03. The predicted octanol–water partition coefficient (Wildman–Crippen LogP) is 1.19. The third kappa shape index (κ3) is 2.41. The van der Waals surface area contributed by atoms with Gasteiger partial charge in [0.1, 0.15) is 12.4 Å². The van der Waals surface area contributed by atoms with Crippen LogP contribution in [-0.4, -0.2) is 24.4 Å². The number of para-hydroxylation sites is 1. The summed E-state index contributed by atoms with van der Waals surface area (Å²) in [6, 6.07) is 7.44. The Morgan fingerprint density at radius 1 is 1.27 bits per heavy atom. The topological polar surface area (TPSA) is 66.9 Å². The Balaban J connectivity index is 1.90. The molecule has 3 aromatic rings. The molecule has 0 N–H and O–H groups in total. The van der Waals surface area contributed by atoms with Gasteiger partial charge in [0.05, 0.1) is 12.8 Å². The van der Waals surface area contributed by atoms with E-state index in [1.54, 1.807) is 31.3 Å². The first kappa shape index (κ1) is 12.9. The number of rotatable bonds is 4. The summed E-state index contributed by atoms with van der Waals surface area (Å²) in [7, 11) is 3.43. The highest BCUT2D eigenvalue weighted by Crippen LogP contribution is 2.20. The molecule has 0 aliphatic carbocycles. The summed E-state index contributed by atoms with van der Waals surface area (Å²) in [6.45, 7) is 2.17. The van der Waals surface area contributed by atoms with Crippen molar-refractivity contribution in [3.8, 4) is 11.4 Å². The molecule has 0 saturated heterocycles. The highest BCUT2D eigenvalue weighted by Gasteiger charge is 2.15. The molecule has 0 amide bonds. The maximum Gasteiger partial charge on any atom is 0.368 e. The third-order valence-corrected chi connectivity index (χ3v) is 3.51. The zero-order chi connectivity index (χ0) is 16.6. The molecule has 2 heterocycles. The van der Waals surface area contributed by atoms with Gasteiger partial charge in [-0.3, -0.25) is 0 Å². The lowest BCUT2D eigenvalue weighted by Gasteiger charge is -2.11. The number of benzene rings is 1. The average molecular weight is 301 g/mol. The van der Waals surface area contributed by atoms with Crippen molar-refractivity contribution in [3.05, 3.63) is 58.2 Å². The molecule has 0 unspecified atom stereocenters. The molecule has 1 aromatic carbocycles. The Morgan fingerprint density at radius 2 is 2.09 bits per heavy atom. The highest BCUT2D eigenvalue weighted by atomic mass is 16.5. The monoisotopic (exact) mass is 301 g/mol. The molecule has 0 radical (unpaired) electrons. The minimum Gasteiger partial charge on any atom is -0.487 e. The molecule has 114 valence electrons. The van der Waals surface area contributed by atoms with Crippen molar-refractivity contribution < 1.29 is 6.11 Å². The van der Waals surface area contributed by atoms with E-state index < -0.39 is 0 Å². The van der Waals surface area contributed by atoms with E-state index in [0.29, 0.717) is 17.5 Å². The Labute approximate surface area is 128 Å². The van der Waals surface area contributed by atoms with Crippen LogP contribution in [0.15, 0.2) is 41.3 Å². The molecule has 7 nitrogen and oxygen atoms in total. The van der Waals surface area contributed by atoms with E-state index in [-0.39, 0.29) is 12.3 Å². The van der Waals surface area contributed by atoms with E-state index in [9.17, 15) is 4.79 Å². The van der Waals surface area contributed by atoms with Gasteiger partial charge in [-0.2, -0.15) is 9.36 Å². The van der Waals surface area contributed by atoms with Crippen LogP contribution in [0, 0.1) is 6.92 Å². The van der Waals surface area contributed by atoms with Crippen molar-refractivity contribution in [2.45, 2.75) is 13.5 Å². The van der Waals surface area contributed by atoms with Crippen LogP contribution in [0.5, 0.6) is 5.75 Å². The van der Waals surface area contributed by atoms with Gasteiger partial charge in [0.2, 0.25) is 0 Å². The van der Waals surface area contributed by atoms with Crippen molar-refractivity contribution in [1.29, 1.82) is 0 Å². The molecule has 0 aliphatic heterocycles. The zero-order valence-electron chi connectivity index (χ0n) is 13.6. The number of tetrazole rings is 1. The maximum absolute atomic E-state index is 12.0. The minimum absolute atomic E-state index is 0.278. The van der Waals surface area contributed by atoms with Crippen LogP contribution >= 0.6 is 0 Å². The summed E-state index contributed by atoms with van der Waals surface area (Å²) in [4.78, 5) is 12.0. The van der Waals surface area contributed by atoms with Gasteiger partial charge < -0.3 is 9.30 Å². The Bertz CT molecular complexity index is 909. The number of hydrogen-bond donors (Lipinski definition) is 0.